The molecule has 1 amide bonds. The van der Waals surface area contributed by atoms with E-state index in [9.17, 15) is 14.7 Å². The zero-order valence-electron chi connectivity index (χ0n) is 11.1. The molecule has 0 aromatic carbocycles. The Kier molecular flexibility index (Phi) is 4.42. The molecule has 1 aliphatic rings. The van der Waals surface area contributed by atoms with Crippen LogP contribution < -0.4 is 10.2 Å². The summed E-state index contributed by atoms with van der Waals surface area (Å²) in [6.45, 7) is 2.49. The van der Waals surface area contributed by atoms with E-state index in [1.807, 2.05) is 12.3 Å². The summed E-state index contributed by atoms with van der Waals surface area (Å²) in [5, 5.41) is 14.0. The number of aliphatic hydroxyl groups excluding tert-OH is 1. The first-order chi connectivity index (χ1) is 9.06. The zero-order valence-corrected chi connectivity index (χ0v) is 12.0. The Labute approximate surface area is 116 Å². The summed E-state index contributed by atoms with van der Waals surface area (Å²) < 4.78 is 1.70. The van der Waals surface area contributed by atoms with Crippen molar-refractivity contribution in [3.63, 3.8) is 0 Å². The maximum absolute atomic E-state index is 11.8. The van der Waals surface area contributed by atoms with Gasteiger partial charge in [0, 0.05) is 24.0 Å². The highest BCUT2D eigenvalue weighted by atomic mass is 32.1. The van der Waals surface area contributed by atoms with Crippen molar-refractivity contribution in [3.8, 4) is 0 Å². The first kappa shape index (κ1) is 14.3. The Morgan fingerprint density at radius 3 is 2.79 bits per heavy atom. The quantitative estimate of drug-likeness (QED) is 0.819. The minimum Gasteiger partial charge on any atom is -0.394 e. The fraction of sp³-hybridized carbons (Fsp3) is 0.692. The van der Waals surface area contributed by atoms with Gasteiger partial charge in [0.05, 0.1) is 12.1 Å². The molecule has 0 aliphatic heterocycles. The number of aromatic nitrogens is 1. The molecular weight excluding hydrogens is 264 g/mol. The molecule has 106 valence electrons. The second kappa shape index (κ2) is 5.88. The van der Waals surface area contributed by atoms with Crippen molar-refractivity contribution in [2.24, 2.45) is 0 Å². The van der Waals surface area contributed by atoms with E-state index in [-0.39, 0.29) is 22.9 Å². The van der Waals surface area contributed by atoms with E-state index in [1.165, 1.54) is 11.3 Å². The fourth-order valence-electron chi connectivity index (χ4n) is 2.36. The number of aryl methyl sites for hydroxylation is 1. The SMILES string of the molecule is Cc1csc(=O)n1CCCC(=O)NC1(CO)CCC1. The van der Waals surface area contributed by atoms with E-state index >= 15 is 0 Å². The van der Waals surface area contributed by atoms with Gasteiger partial charge in [-0.15, -0.1) is 0 Å². The molecule has 6 heteroatoms. The standard InChI is InChI=1S/C13H20N2O3S/c1-10-8-19-12(18)15(10)7-2-4-11(17)14-13(9-16)5-3-6-13/h8,16H,2-7,9H2,1H3,(H,14,17). The molecule has 2 N–H and O–H groups in total. The molecule has 19 heavy (non-hydrogen) atoms. The average molecular weight is 284 g/mol. The van der Waals surface area contributed by atoms with Gasteiger partial charge in [0.25, 0.3) is 0 Å². The van der Waals surface area contributed by atoms with Gasteiger partial charge in [0.15, 0.2) is 0 Å². The average Bonchev–Trinajstić information content (AvgIpc) is 2.65. The number of amides is 1. The van der Waals surface area contributed by atoms with Crippen molar-refractivity contribution in [2.45, 2.75) is 51.1 Å². The molecule has 0 bridgehead atoms. The summed E-state index contributed by atoms with van der Waals surface area (Å²) in [7, 11) is 0. The molecule has 1 saturated carbocycles. The van der Waals surface area contributed by atoms with Crippen LogP contribution in [0.5, 0.6) is 0 Å². The Morgan fingerprint density at radius 2 is 2.32 bits per heavy atom. The highest BCUT2D eigenvalue weighted by Crippen LogP contribution is 2.31. The molecule has 0 saturated heterocycles. The molecule has 5 nitrogen and oxygen atoms in total. The van der Waals surface area contributed by atoms with Crippen molar-refractivity contribution >= 4 is 17.2 Å². The van der Waals surface area contributed by atoms with Gasteiger partial charge in [-0.05, 0) is 32.6 Å². The Bertz CT molecular complexity index is 497. The number of thiazole rings is 1. The van der Waals surface area contributed by atoms with Crippen LogP contribution in [-0.2, 0) is 11.3 Å². The second-order valence-corrected chi connectivity index (χ2v) is 6.06. The summed E-state index contributed by atoms with van der Waals surface area (Å²) >= 11 is 1.19. The van der Waals surface area contributed by atoms with E-state index in [0.717, 1.165) is 25.0 Å². The highest BCUT2D eigenvalue weighted by Gasteiger charge is 2.37. The molecule has 2 rings (SSSR count). The molecule has 1 aromatic rings. The van der Waals surface area contributed by atoms with Gasteiger partial charge in [-0.3, -0.25) is 9.59 Å². The summed E-state index contributed by atoms with van der Waals surface area (Å²) in [6.07, 6.45) is 3.81. The normalized spacial score (nSPS) is 16.9. The lowest BCUT2D eigenvalue weighted by atomic mass is 9.77. The lowest BCUT2D eigenvalue weighted by molar-refractivity contribution is -0.125. The third kappa shape index (κ3) is 3.25. The molecule has 0 spiro atoms. The minimum atomic E-state index is -0.369. The van der Waals surface area contributed by atoms with Gasteiger partial charge in [0.2, 0.25) is 5.91 Å². The summed E-state index contributed by atoms with van der Waals surface area (Å²) in [6, 6.07) is 0. The molecule has 0 atom stereocenters. The first-order valence-electron chi connectivity index (χ1n) is 6.63. The Hall–Kier alpha value is -1.14. The van der Waals surface area contributed by atoms with Crippen LogP contribution in [0.3, 0.4) is 0 Å². The maximum atomic E-state index is 11.8. The van der Waals surface area contributed by atoms with Gasteiger partial charge >= 0.3 is 4.87 Å². The maximum Gasteiger partial charge on any atom is 0.307 e. The van der Waals surface area contributed by atoms with Crippen molar-refractivity contribution < 1.29 is 9.90 Å². The van der Waals surface area contributed by atoms with E-state index in [0.29, 0.717) is 19.4 Å². The molecule has 0 unspecified atom stereocenters. The summed E-state index contributed by atoms with van der Waals surface area (Å²) in [5.74, 6) is -0.0327. The molecule has 1 aromatic heterocycles. The van der Waals surface area contributed by atoms with Crippen LogP contribution in [0.4, 0.5) is 0 Å². The van der Waals surface area contributed by atoms with Gasteiger partial charge in [0.1, 0.15) is 0 Å². The molecular formula is C13H20N2O3S. The van der Waals surface area contributed by atoms with Crippen molar-refractivity contribution in [2.75, 3.05) is 6.61 Å². The number of carbonyl (C=O) groups is 1. The van der Waals surface area contributed by atoms with Gasteiger partial charge in [-0.25, -0.2) is 0 Å². The zero-order chi connectivity index (χ0) is 13.9. The smallest absolute Gasteiger partial charge is 0.307 e. The fourth-order valence-corrected chi connectivity index (χ4v) is 3.12. The summed E-state index contributed by atoms with van der Waals surface area (Å²) in [4.78, 5) is 23.3. The van der Waals surface area contributed by atoms with Gasteiger partial charge in [-0.1, -0.05) is 11.3 Å². The van der Waals surface area contributed by atoms with E-state index in [1.54, 1.807) is 4.57 Å². The number of hydrogen-bond donors (Lipinski definition) is 2. The molecule has 1 fully saturated rings. The molecule has 0 radical (unpaired) electrons. The third-order valence-electron chi connectivity index (χ3n) is 3.78. The Balaban J connectivity index is 1.77. The number of nitrogens with one attached hydrogen (secondary N) is 1. The number of hydrogen-bond acceptors (Lipinski definition) is 4. The first-order valence-corrected chi connectivity index (χ1v) is 7.51. The van der Waals surface area contributed by atoms with E-state index < -0.39 is 0 Å². The second-order valence-electron chi connectivity index (χ2n) is 5.24. The largest absolute Gasteiger partial charge is 0.394 e. The predicted molar refractivity (Wildman–Crippen MR) is 74.4 cm³/mol. The number of aliphatic hydroxyl groups is 1. The monoisotopic (exact) mass is 284 g/mol. The topological polar surface area (TPSA) is 71.3 Å². The van der Waals surface area contributed by atoms with Crippen LogP contribution in [0.15, 0.2) is 10.2 Å². The predicted octanol–water partition coefficient (Wildman–Crippen LogP) is 1.03. The number of carbonyl (C=O) groups excluding carboxylic acids is 1. The minimum absolute atomic E-state index is 0.0157. The van der Waals surface area contributed by atoms with E-state index in [2.05, 4.69) is 5.32 Å². The lowest BCUT2D eigenvalue weighted by Gasteiger charge is -2.41. The lowest BCUT2D eigenvalue weighted by Crippen LogP contribution is -2.56. The van der Waals surface area contributed by atoms with Crippen LogP contribution in [0, 0.1) is 6.92 Å². The van der Waals surface area contributed by atoms with Gasteiger partial charge < -0.3 is 15.0 Å². The van der Waals surface area contributed by atoms with Crippen LogP contribution in [0.2, 0.25) is 0 Å². The van der Waals surface area contributed by atoms with Crippen LogP contribution in [-0.4, -0.2) is 27.7 Å². The highest BCUT2D eigenvalue weighted by molar-refractivity contribution is 7.07. The van der Waals surface area contributed by atoms with Crippen molar-refractivity contribution in [3.05, 3.63) is 20.7 Å². The van der Waals surface area contributed by atoms with Crippen LogP contribution >= 0.6 is 11.3 Å². The number of nitrogens with zero attached hydrogens (tertiary/aromatic N) is 1. The molecule has 1 heterocycles. The third-order valence-corrected chi connectivity index (χ3v) is 4.66. The van der Waals surface area contributed by atoms with Crippen LogP contribution in [0.25, 0.3) is 0 Å². The van der Waals surface area contributed by atoms with E-state index in [4.69, 9.17) is 0 Å². The number of rotatable bonds is 6. The van der Waals surface area contributed by atoms with Gasteiger partial charge in [-0.2, -0.15) is 0 Å². The molecule has 1 aliphatic carbocycles. The van der Waals surface area contributed by atoms with Crippen molar-refractivity contribution in [1.82, 2.24) is 9.88 Å². The van der Waals surface area contributed by atoms with Crippen LogP contribution in [0.1, 0.15) is 37.8 Å². The Morgan fingerprint density at radius 1 is 1.58 bits per heavy atom. The van der Waals surface area contributed by atoms with Crippen molar-refractivity contribution in [1.29, 1.82) is 0 Å². The summed E-state index contributed by atoms with van der Waals surface area (Å²) in [5.41, 5.74) is 0.577.